The van der Waals surface area contributed by atoms with Gasteiger partial charge >= 0.3 is 0 Å². The minimum absolute atomic E-state index is 0.202. The standard InChI is InChI=1S/C13H23BN2O/c1-9-11(10(2)16(7)15-9)13(5)14(6)12(3,4)8-17-13/h8H2,1-7H3. The van der Waals surface area contributed by atoms with Crippen LogP contribution in [0.15, 0.2) is 0 Å². The van der Waals surface area contributed by atoms with E-state index in [1.165, 1.54) is 11.3 Å². The lowest BCUT2D eigenvalue weighted by Gasteiger charge is -2.30. The maximum absolute atomic E-state index is 6.18. The van der Waals surface area contributed by atoms with E-state index in [0.29, 0.717) is 6.71 Å². The maximum Gasteiger partial charge on any atom is 0.190 e. The van der Waals surface area contributed by atoms with Gasteiger partial charge in [0, 0.05) is 24.9 Å². The molecule has 1 fully saturated rings. The summed E-state index contributed by atoms with van der Waals surface area (Å²) in [6, 6.07) is 0. The van der Waals surface area contributed by atoms with Crippen LogP contribution in [0.3, 0.4) is 0 Å². The molecule has 1 saturated heterocycles. The molecule has 1 aromatic rings. The summed E-state index contributed by atoms with van der Waals surface area (Å²) in [7, 11) is 2.00. The van der Waals surface area contributed by atoms with Gasteiger partial charge in [0.15, 0.2) is 6.71 Å². The molecule has 1 aromatic heterocycles. The lowest BCUT2D eigenvalue weighted by Crippen LogP contribution is -2.40. The molecule has 0 radical (unpaired) electrons. The third-order valence-corrected chi connectivity index (χ3v) is 4.75. The van der Waals surface area contributed by atoms with Crippen LogP contribution in [0.5, 0.6) is 0 Å². The fourth-order valence-corrected chi connectivity index (χ4v) is 3.11. The molecule has 0 aliphatic carbocycles. The van der Waals surface area contributed by atoms with Crippen LogP contribution in [0, 0.1) is 13.8 Å². The molecule has 94 valence electrons. The summed E-state index contributed by atoms with van der Waals surface area (Å²) in [6.07, 6.45) is 0. The van der Waals surface area contributed by atoms with Gasteiger partial charge in [-0.1, -0.05) is 20.7 Å². The molecule has 1 atom stereocenters. The summed E-state index contributed by atoms with van der Waals surface area (Å²) in [5.74, 6) is 0. The van der Waals surface area contributed by atoms with Gasteiger partial charge in [0.2, 0.25) is 0 Å². The van der Waals surface area contributed by atoms with Gasteiger partial charge < -0.3 is 4.74 Å². The van der Waals surface area contributed by atoms with Crippen molar-refractivity contribution in [3.05, 3.63) is 17.0 Å². The van der Waals surface area contributed by atoms with Crippen molar-refractivity contribution in [1.29, 1.82) is 0 Å². The minimum Gasteiger partial charge on any atom is -0.379 e. The second kappa shape index (κ2) is 3.61. The van der Waals surface area contributed by atoms with Crippen molar-refractivity contribution in [3.8, 4) is 0 Å². The summed E-state index contributed by atoms with van der Waals surface area (Å²) < 4.78 is 8.13. The molecule has 0 saturated carbocycles. The molecule has 2 heterocycles. The van der Waals surface area contributed by atoms with Crippen LogP contribution < -0.4 is 0 Å². The predicted octanol–water partition coefficient (Wildman–Crippen LogP) is 2.73. The highest BCUT2D eigenvalue weighted by Crippen LogP contribution is 2.49. The Morgan fingerprint density at radius 2 is 1.88 bits per heavy atom. The lowest BCUT2D eigenvalue weighted by molar-refractivity contribution is 0.0434. The molecular weight excluding hydrogens is 211 g/mol. The van der Waals surface area contributed by atoms with Crippen molar-refractivity contribution >= 4 is 6.71 Å². The van der Waals surface area contributed by atoms with Crippen LogP contribution in [0.2, 0.25) is 12.1 Å². The van der Waals surface area contributed by atoms with Crippen LogP contribution in [0.25, 0.3) is 0 Å². The van der Waals surface area contributed by atoms with E-state index >= 15 is 0 Å². The zero-order chi connectivity index (χ0) is 13.0. The number of rotatable bonds is 1. The van der Waals surface area contributed by atoms with E-state index in [2.05, 4.69) is 46.5 Å². The predicted molar refractivity (Wildman–Crippen MR) is 71.6 cm³/mol. The van der Waals surface area contributed by atoms with E-state index in [9.17, 15) is 0 Å². The fourth-order valence-electron chi connectivity index (χ4n) is 3.11. The molecule has 0 bridgehead atoms. The van der Waals surface area contributed by atoms with Crippen LogP contribution in [-0.2, 0) is 17.3 Å². The van der Waals surface area contributed by atoms with Crippen LogP contribution in [0.1, 0.15) is 37.7 Å². The van der Waals surface area contributed by atoms with Crippen molar-refractivity contribution in [1.82, 2.24) is 9.78 Å². The summed E-state index contributed by atoms with van der Waals surface area (Å²) in [6.45, 7) is 14.6. The SMILES string of the molecule is CB1C(C)(C)COC1(C)c1c(C)nn(C)c1C. The first-order chi connectivity index (χ1) is 7.70. The Kier molecular flexibility index (Phi) is 2.70. The zero-order valence-electron chi connectivity index (χ0n) is 12.1. The monoisotopic (exact) mass is 234 g/mol. The van der Waals surface area contributed by atoms with Gasteiger partial charge in [0.1, 0.15) is 0 Å². The molecule has 17 heavy (non-hydrogen) atoms. The van der Waals surface area contributed by atoms with Gasteiger partial charge in [0.25, 0.3) is 0 Å². The van der Waals surface area contributed by atoms with Gasteiger partial charge in [-0.2, -0.15) is 5.10 Å². The Balaban J connectivity index is 2.54. The number of aromatic nitrogens is 2. The summed E-state index contributed by atoms with van der Waals surface area (Å²) in [4.78, 5) is 0. The van der Waals surface area contributed by atoms with Crippen LogP contribution in [-0.4, -0.2) is 23.1 Å². The third kappa shape index (κ3) is 1.65. The number of hydrogen-bond donors (Lipinski definition) is 0. The molecule has 1 unspecified atom stereocenters. The summed E-state index contributed by atoms with van der Waals surface area (Å²) in [5.41, 5.74) is 3.39. The zero-order valence-corrected chi connectivity index (χ0v) is 12.1. The molecular formula is C13H23BN2O. The van der Waals surface area contributed by atoms with E-state index in [1.807, 2.05) is 11.7 Å². The quantitative estimate of drug-likeness (QED) is 0.698. The molecule has 4 heteroatoms. The van der Waals surface area contributed by atoms with Crippen molar-refractivity contribution in [2.45, 2.75) is 52.3 Å². The Hall–Kier alpha value is -0.765. The second-order valence-electron chi connectivity index (χ2n) is 6.28. The first kappa shape index (κ1) is 12.7. The average molecular weight is 234 g/mol. The van der Waals surface area contributed by atoms with E-state index in [1.54, 1.807) is 0 Å². The number of hydrogen-bond acceptors (Lipinski definition) is 2. The van der Waals surface area contributed by atoms with E-state index in [0.717, 1.165) is 12.3 Å². The van der Waals surface area contributed by atoms with Gasteiger partial charge in [-0.25, -0.2) is 0 Å². The van der Waals surface area contributed by atoms with E-state index in [-0.39, 0.29) is 10.8 Å². The highest BCUT2D eigenvalue weighted by Gasteiger charge is 2.53. The molecule has 3 nitrogen and oxygen atoms in total. The Morgan fingerprint density at radius 3 is 2.24 bits per heavy atom. The van der Waals surface area contributed by atoms with Crippen LogP contribution >= 0.6 is 0 Å². The van der Waals surface area contributed by atoms with Crippen molar-refractivity contribution < 1.29 is 4.74 Å². The van der Waals surface area contributed by atoms with Gasteiger partial charge in [-0.05, 0) is 26.1 Å². The highest BCUT2D eigenvalue weighted by molar-refractivity contribution is 6.64. The Bertz CT molecular complexity index is 453. The van der Waals surface area contributed by atoms with E-state index < -0.39 is 0 Å². The molecule has 1 aliphatic rings. The van der Waals surface area contributed by atoms with E-state index in [4.69, 9.17) is 4.74 Å². The molecule has 0 aromatic carbocycles. The maximum atomic E-state index is 6.18. The second-order valence-corrected chi connectivity index (χ2v) is 6.28. The normalized spacial score (nSPS) is 27.8. The Morgan fingerprint density at radius 1 is 1.29 bits per heavy atom. The number of ether oxygens (including phenoxy) is 1. The van der Waals surface area contributed by atoms with Gasteiger partial charge in [-0.3, -0.25) is 4.68 Å². The largest absolute Gasteiger partial charge is 0.379 e. The van der Waals surface area contributed by atoms with Gasteiger partial charge in [-0.15, -0.1) is 0 Å². The molecule has 0 amide bonds. The molecule has 2 rings (SSSR count). The Labute approximate surface area is 105 Å². The smallest absolute Gasteiger partial charge is 0.190 e. The molecule has 1 aliphatic heterocycles. The fraction of sp³-hybridized carbons (Fsp3) is 0.769. The van der Waals surface area contributed by atoms with Crippen molar-refractivity contribution in [2.75, 3.05) is 6.61 Å². The topological polar surface area (TPSA) is 27.1 Å². The lowest BCUT2D eigenvalue weighted by atomic mass is 9.29. The average Bonchev–Trinajstić information content (AvgIpc) is 2.59. The summed E-state index contributed by atoms with van der Waals surface area (Å²) in [5, 5.41) is 4.74. The van der Waals surface area contributed by atoms with Crippen molar-refractivity contribution in [2.24, 2.45) is 7.05 Å². The van der Waals surface area contributed by atoms with Crippen molar-refractivity contribution in [3.63, 3.8) is 0 Å². The van der Waals surface area contributed by atoms with Crippen LogP contribution in [0.4, 0.5) is 0 Å². The molecule has 0 spiro atoms. The minimum atomic E-state index is -0.202. The first-order valence-electron chi connectivity index (χ1n) is 6.35. The summed E-state index contributed by atoms with van der Waals surface area (Å²) >= 11 is 0. The molecule has 0 N–H and O–H groups in total. The third-order valence-electron chi connectivity index (χ3n) is 4.75. The number of aryl methyl sites for hydroxylation is 2. The first-order valence-corrected chi connectivity index (χ1v) is 6.35. The number of nitrogens with zero attached hydrogens (tertiary/aromatic N) is 2. The van der Waals surface area contributed by atoms with Gasteiger partial charge in [0.05, 0.1) is 11.2 Å². The highest BCUT2D eigenvalue weighted by atomic mass is 16.5.